The average molecular weight is 207 g/mol. The Bertz CT molecular complexity index is 266. The van der Waals surface area contributed by atoms with Gasteiger partial charge in [-0.15, -0.1) is 0 Å². The molecule has 2 nitrogen and oxygen atoms in total. The quantitative estimate of drug-likeness (QED) is 0.637. The predicted octanol–water partition coefficient (Wildman–Crippen LogP) is 2.60. The average Bonchev–Trinajstić information content (AvgIpc) is 2.24. The van der Waals surface area contributed by atoms with Gasteiger partial charge in [0, 0.05) is 18.5 Å². The summed E-state index contributed by atoms with van der Waals surface area (Å²) in [4.78, 5) is 13.3. The van der Waals surface area contributed by atoms with Gasteiger partial charge in [-0.1, -0.05) is 32.8 Å². The smallest absolute Gasteiger partial charge is 0.245 e. The van der Waals surface area contributed by atoms with Crippen LogP contribution in [0, 0.1) is 11.3 Å². The maximum atomic E-state index is 11.4. The van der Waals surface area contributed by atoms with Gasteiger partial charge in [0.05, 0.1) is 0 Å². The number of carbonyl (C=O) groups is 1. The molecule has 0 bridgehead atoms. The zero-order valence-electron chi connectivity index (χ0n) is 9.67. The molecule has 0 aromatic rings. The van der Waals surface area contributed by atoms with Gasteiger partial charge in [-0.3, -0.25) is 4.79 Å². The van der Waals surface area contributed by atoms with Gasteiger partial charge in [0.2, 0.25) is 5.91 Å². The molecule has 1 heterocycles. The second kappa shape index (κ2) is 3.99. The Balaban J connectivity index is 1.90. The molecule has 1 unspecified atom stereocenters. The second-order valence-corrected chi connectivity index (χ2v) is 5.27. The van der Waals surface area contributed by atoms with E-state index in [1.807, 2.05) is 4.90 Å². The Hall–Kier alpha value is -0.790. The lowest BCUT2D eigenvalue weighted by molar-refractivity contribution is -0.141. The molecule has 84 valence electrons. The van der Waals surface area contributed by atoms with Crippen LogP contribution in [0.2, 0.25) is 0 Å². The minimum atomic E-state index is 0.110. The van der Waals surface area contributed by atoms with Crippen LogP contribution < -0.4 is 0 Å². The lowest BCUT2D eigenvalue weighted by atomic mass is 9.64. The molecule has 1 aliphatic carbocycles. The van der Waals surface area contributed by atoms with Crippen LogP contribution in [0.5, 0.6) is 0 Å². The van der Waals surface area contributed by atoms with E-state index >= 15 is 0 Å². The molecular weight excluding hydrogens is 186 g/mol. The van der Waals surface area contributed by atoms with Crippen molar-refractivity contribution in [3.8, 4) is 0 Å². The molecule has 1 saturated heterocycles. The summed E-state index contributed by atoms with van der Waals surface area (Å²) in [5.41, 5.74) is 0.484. The monoisotopic (exact) mass is 207 g/mol. The van der Waals surface area contributed by atoms with Crippen LogP contribution in [-0.4, -0.2) is 23.9 Å². The fourth-order valence-electron chi connectivity index (χ4n) is 3.27. The summed E-state index contributed by atoms with van der Waals surface area (Å²) in [6.07, 6.45) is 8.15. The molecule has 0 N–H and O–H groups in total. The minimum Gasteiger partial charge on any atom is -0.338 e. The zero-order valence-corrected chi connectivity index (χ0v) is 9.67. The van der Waals surface area contributed by atoms with Crippen molar-refractivity contribution in [3.63, 3.8) is 0 Å². The molecule has 2 rings (SSSR count). The van der Waals surface area contributed by atoms with Gasteiger partial charge in [-0.25, -0.2) is 0 Å². The van der Waals surface area contributed by atoms with Crippen LogP contribution in [0.25, 0.3) is 0 Å². The van der Waals surface area contributed by atoms with E-state index in [9.17, 15) is 4.79 Å². The molecule has 2 fully saturated rings. The van der Waals surface area contributed by atoms with Gasteiger partial charge in [0.1, 0.15) is 0 Å². The first kappa shape index (κ1) is 10.7. The van der Waals surface area contributed by atoms with Crippen molar-refractivity contribution in [3.05, 3.63) is 12.7 Å². The zero-order chi connectivity index (χ0) is 10.9. The first-order chi connectivity index (χ1) is 7.19. The second-order valence-electron chi connectivity index (χ2n) is 5.27. The van der Waals surface area contributed by atoms with Crippen LogP contribution in [0.15, 0.2) is 12.7 Å². The van der Waals surface area contributed by atoms with E-state index < -0.39 is 0 Å². The number of carbonyl (C=O) groups excluding carboxylic acids is 1. The van der Waals surface area contributed by atoms with Gasteiger partial charge < -0.3 is 4.90 Å². The third kappa shape index (κ3) is 1.95. The third-order valence-corrected chi connectivity index (χ3v) is 4.16. The lowest BCUT2D eigenvalue weighted by Crippen LogP contribution is -2.59. The topological polar surface area (TPSA) is 20.3 Å². The number of rotatable bonds is 2. The van der Waals surface area contributed by atoms with Crippen LogP contribution in [0.3, 0.4) is 0 Å². The van der Waals surface area contributed by atoms with E-state index in [0.29, 0.717) is 5.41 Å². The molecule has 1 saturated carbocycles. The van der Waals surface area contributed by atoms with E-state index in [2.05, 4.69) is 13.5 Å². The summed E-state index contributed by atoms with van der Waals surface area (Å²) < 4.78 is 0. The highest BCUT2D eigenvalue weighted by atomic mass is 16.2. The molecule has 1 amide bonds. The Morgan fingerprint density at radius 1 is 1.60 bits per heavy atom. The molecule has 0 radical (unpaired) electrons. The van der Waals surface area contributed by atoms with E-state index in [1.54, 1.807) is 0 Å². The highest BCUT2D eigenvalue weighted by molar-refractivity contribution is 5.87. The van der Waals surface area contributed by atoms with E-state index in [0.717, 1.165) is 19.0 Å². The van der Waals surface area contributed by atoms with Crippen LogP contribution >= 0.6 is 0 Å². The largest absolute Gasteiger partial charge is 0.338 e. The first-order valence-electron chi connectivity index (χ1n) is 6.10. The van der Waals surface area contributed by atoms with Gasteiger partial charge >= 0.3 is 0 Å². The van der Waals surface area contributed by atoms with Gasteiger partial charge in [0.25, 0.3) is 0 Å². The van der Waals surface area contributed by atoms with Gasteiger partial charge in [-0.05, 0) is 24.8 Å². The molecule has 2 heteroatoms. The molecule has 0 aromatic heterocycles. The van der Waals surface area contributed by atoms with E-state index in [-0.39, 0.29) is 5.91 Å². The minimum absolute atomic E-state index is 0.110. The maximum absolute atomic E-state index is 11.4. The van der Waals surface area contributed by atoms with E-state index in [1.165, 1.54) is 38.2 Å². The SMILES string of the molecule is C=CC(=O)N1CC2(CCCC(CC)C2)C1. The van der Waals surface area contributed by atoms with E-state index in [4.69, 9.17) is 0 Å². The summed E-state index contributed by atoms with van der Waals surface area (Å²) >= 11 is 0. The first-order valence-corrected chi connectivity index (χ1v) is 6.10. The Morgan fingerprint density at radius 3 is 2.93 bits per heavy atom. The van der Waals surface area contributed by atoms with Crippen LogP contribution in [0.1, 0.15) is 39.0 Å². The summed E-state index contributed by atoms with van der Waals surface area (Å²) in [7, 11) is 0. The Labute approximate surface area is 92.3 Å². The van der Waals surface area contributed by atoms with Gasteiger partial charge in [-0.2, -0.15) is 0 Å². The molecule has 1 aliphatic heterocycles. The predicted molar refractivity (Wildman–Crippen MR) is 61.5 cm³/mol. The molecule has 1 atom stereocenters. The highest BCUT2D eigenvalue weighted by Gasteiger charge is 2.46. The van der Waals surface area contributed by atoms with Crippen molar-refractivity contribution in [1.29, 1.82) is 0 Å². The van der Waals surface area contributed by atoms with Crippen LogP contribution in [0.4, 0.5) is 0 Å². The molecular formula is C13H21NO. The fourth-order valence-corrected chi connectivity index (χ4v) is 3.27. The van der Waals surface area contributed by atoms with Crippen molar-refractivity contribution in [2.75, 3.05) is 13.1 Å². The Morgan fingerprint density at radius 2 is 2.33 bits per heavy atom. The van der Waals surface area contributed by atoms with Crippen molar-refractivity contribution in [2.24, 2.45) is 11.3 Å². The summed E-state index contributed by atoms with van der Waals surface area (Å²) in [6.45, 7) is 7.78. The fraction of sp³-hybridized carbons (Fsp3) is 0.769. The van der Waals surface area contributed by atoms with Crippen LogP contribution in [-0.2, 0) is 4.79 Å². The standard InChI is InChI=1S/C13H21NO/c1-3-11-6-5-7-13(8-11)9-14(10-13)12(15)4-2/h4,11H,2-3,5-10H2,1H3. The highest BCUT2D eigenvalue weighted by Crippen LogP contribution is 2.46. The summed E-state index contributed by atoms with van der Waals surface area (Å²) in [6, 6.07) is 0. The van der Waals surface area contributed by atoms with Gasteiger partial charge in [0.15, 0.2) is 0 Å². The number of nitrogens with zero attached hydrogens (tertiary/aromatic N) is 1. The number of hydrogen-bond acceptors (Lipinski definition) is 1. The van der Waals surface area contributed by atoms with Crippen molar-refractivity contribution >= 4 is 5.91 Å². The number of likely N-dealkylation sites (tertiary alicyclic amines) is 1. The Kier molecular flexibility index (Phi) is 2.85. The number of amides is 1. The van der Waals surface area contributed by atoms with Crippen molar-refractivity contribution in [2.45, 2.75) is 39.0 Å². The molecule has 1 spiro atoms. The maximum Gasteiger partial charge on any atom is 0.245 e. The van der Waals surface area contributed by atoms with Crippen molar-refractivity contribution < 1.29 is 4.79 Å². The van der Waals surface area contributed by atoms with Crippen molar-refractivity contribution in [1.82, 2.24) is 4.90 Å². The molecule has 0 aromatic carbocycles. The third-order valence-electron chi connectivity index (χ3n) is 4.16. The lowest BCUT2D eigenvalue weighted by Gasteiger charge is -2.53. The molecule has 2 aliphatic rings. The molecule has 15 heavy (non-hydrogen) atoms. The number of hydrogen-bond donors (Lipinski definition) is 0. The summed E-state index contributed by atoms with van der Waals surface area (Å²) in [5.74, 6) is 1.01. The normalized spacial score (nSPS) is 28.6. The summed E-state index contributed by atoms with van der Waals surface area (Å²) in [5, 5.41) is 0.